The van der Waals surface area contributed by atoms with Crippen LogP contribution in [0, 0.1) is 0 Å². The first-order chi connectivity index (χ1) is 12.5. The lowest BCUT2D eigenvalue weighted by Crippen LogP contribution is -2.13. The number of benzene rings is 1. The highest BCUT2D eigenvalue weighted by molar-refractivity contribution is 7.92. The molecule has 0 spiro atoms. The van der Waals surface area contributed by atoms with Crippen LogP contribution in [0.2, 0.25) is 0 Å². The number of anilines is 1. The zero-order chi connectivity index (χ0) is 18.3. The van der Waals surface area contributed by atoms with Crippen LogP contribution in [-0.4, -0.2) is 34.3 Å². The molecule has 1 amide bonds. The van der Waals surface area contributed by atoms with Crippen LogP contribution in [0.1, 0.15) is 10.5 Å². The van der Waals surface area contributed by atoms with Gasteiger partial charge in [-0.25, -0.2) is 18.4 Å². The number of sulfonamides is 1. The second-order valence-corrected chi connectivity index (χ2v) is 7.16. The van der Waals surface area contributed by atoms with E-state index in [1.165, 1.54) is 36.9 Å². The van der Waals surface area contributed by atoms with Gasteiger partial charge in [-0.2, -0.15) is 0 Å². The molecule has 0 aliphatic rings. The molecule has 0 fully saturated rings. The van der Waals surface area contributed by atoms with Crippen LogP contribution < -0.4 is 10.5 Å². The van der Waals surface area contributed by atoms with E-state index in [9.17, 15) is 13.2 Å². The number of nitrogens with two attached hydrogens (primary N) is 1. The van der Waals surface area contributed by atoms with E-state index in [1.54, 1.807) is 12.1 Å². The Bertz CT molecular complexity index is 1250. The summed E-state index contributed by atoms with van der Waals surface area (Å²) >= 11 is 0. The first kappa shape index (κ1) is 16.0. The summed E-state index contributed by atoms with van der Waals surface area (Å²) in [6.45, 7) is 0. The monoisotopic (exact) mass is 368 g/mol. The zero-order valence-electron chi connectivity index (χ0n) is 13.2. The number of hydrogen-bond donors (Lipinski definition) is 3. The van der Waals surface area contributed by atoms with Crippen LogP contribution in [0.3, 0.4) is 0 Å². The maximum Gasteiger partial charge on any atom is 0.269 e. The molecule has 0 radical (unpaired) electrons. The lowest BCUT2D eigenvalue weighted by Gasteiger charge is -2.06. The molecule has 10 heteroatoms. The number of H-pyrrole nitrogens is 1. The van der Waals surface area contributed by atoms with Gasteiger partial charge in [0, 0.05) is 34.9 Å². The second-order valence-electron chi connectivity index (χ2n) is 5.47. The Hall–Kier alpha value is -3.53. The standard InChI is InChI=1S/C16H12N6O3S/c17-16(23)15-14-10(3-4-20-15)11-7-9(1-2-12(11)21-14)26(24,25)22-13-8-18-5-6-19-13/h1-8,21H,(H2,17,23)(H,19,22). The van der Waals surface area contributed by atoms with Crippen LogP contribution in [0.4, 0.5) is 5.82 Å². The minimum absolute atomic E-state index is 0.0500. The molecule has 0 aliphatic carbocycles. The van der Waals surface area contributed by atoms with E-state index in [1.807, 2.05) is 0 Å². The number of fused-ring (bicyclic) bond motifs is 3. The molecule has 0 atom stereocenters. The van der Waals surface area contributed by atoms with Gasteiger partial charge in [-0.3, -0.25) is 14.5 Å². The van der Waals surface area contributed by atoms with Crippen molar-refractivity contribution in [1.29, 1.82) is 0 Å². The Balaban J connectivity index is 1.86. The summed E-state index contributed by atoms with van der Waals surface area (Å²) < 4.78 is 27.6. The van der Waals surface area contributed by atoms with Gasteiger partial charge in [-0.05, 0) is 24.3 Å². The van der Waals surface area contributed by atoms with Crippen LogP contribution >= 0.6 is 0 Å². The molecule has 4 rings (SSSR count). The van der Waals surface area contributed by atoms with Crippen molar-refractivity contribution in [1.82, 2.24) is 19.9 Å². The summed E-state index contributed by atoms with van der Waals surface area (Å²) in [6, 6.07) is 6.27. The topological polar surface area (TPSA) is 144 Å². The molecule has 4 aromatic rings. The first-order valence-corrected chi connectivity index (χ1v) is 8.93. The SMILES string of the molecule is NC(=O)c1nccc2c1[nH]c1ccc(S(=O)(=O)Nc3cnccn3)cc12. The van der Waals surface area contributed by atoms with Gasteiger partial charge in [-0.15, -0.1) is 0 Å². The number of amides is 1. The lowest BCUT2D eigenvalue weighted by molar-refractivity contribution is 0.0997. The highest BCUT2D eigenvalue weighted by Crippen LogP contribution is 2.29. The predicted octanol–water partition coefficient (Wildman–Crippen LogP) is 1.41. The Kier molecular flexibility index (Phi) is 3.55. The lowest BCUT2D eigenvalue weighted by atomic mass is 10.1. The molecule has 4 N–H and O–H groups in total. The average molecular weight is 368 g/mol. The molecular weight excluding hydrogens is 356 g/mol. The van der Waals surface area contributed by atoms with Gasteiger partial charge in [-0.1, -0.05) is 0 Å². The van der Waals surface area contributed by atoms with Crippen molar-refractivity contribution in [2.24, 2.45) is 5.73 Å². The molecule has 0 bridgehead atoms. The Morgan fingerprint density at radius 3 is 2.65 bits per heavy atom. The summed E-state index contributed by atoms with van der Waals surface area (Å²) in [5, 5.41) is 1.28. The Morgan fingerprint density at radius 2 is 1.92 bits per heavy atom. The molecule has 1 aromatic carbocycles. The molecule has 0 saturated heterocycles. The minimum Gasteiger partial charge on any atom is -0.364 e. The molecular formula is C16H12N6O3S. The summed E-state index contributed by atoms with van der Waals surface area (Å²) in [5.41, 5.74) is 6.57. The van der Waals surface area contributed by atoms with Gasteiger partial charge < -0.3 is 10.7 Å². The summed E-state index contributed by atoms with van der Waals surface area (Å²) in [6.07, 6.45) is 5.60. The van der Waals surface area contributed by atoms with Gasteiger partial charge in [0.15, 0.2) is 11.5 Å². The fraction of sp³-hybridized carbons (Fsp3) is 0. The molecule has 0 aliphatic heterocycles. The number of carbonyl (C=O) groups excluding carboxylic acids is 1. The van der Waals surface area contributed by atoms with Crippen molar-refractivity contribution < 1.29 is 13.2 Å². The average Bonchev–Trinajstić information content (AvgIpc) is 3.00. The number of aromatic nitrogens is 4. The third-order valence-corrected chi connectivity index (χ3v) is 5.19. The minimum atomic E-state index is -3.85. The van der Waals surface area contributed by atoms with Crippen LogP contribution in [0.25, 0.3) is 21.8 Å². The molecule has 9 nitrogen and oxygen atoms in total. The number of hydrogen-bond acceptors (Lipinski definition) is 6. The molecule has 130 valence electrons. The largest absolute Gasteiger partial charge is 0.364 e. The summed E-state index contributed by atoms with van der Waals surface area (Å²) in [7, 11) is -3.85. The van der Waals surface area contributed by atoms with Gasteiger partial charge in [0.2, 0.25) is 0 Å². The van der Waals surface area contributed by atoms with Crippen molar-refractivity contribution >= 4 is 43.6 Å². The molecule has 3 aromatic heterocycles. The number of rotatable bonds is 4. The van der Waals surface area contributed by atoms with E-state index in [0.717, 1.165) is 0 Å². The Labute approximate surface area is 147 Å². The third-order valence-electron chi connectivity index (χ3n) is 3.84. The van der Waals surface area contributed by atoms with Crippen molar-refractivity contribution in [2.75, 3.05) is 4.72 Å². The van der Waals surface area contributed by atoms with Gasteiger partial charge >= 0.3 is 0 Å². The number of pyridine rings is 1. The number of aromatic amines is 1. The number of primary amides is 1. The normalized spacial score (nSPS) is 11.7. The van der Waals surface area contributed by atoms with Crippen molar-refractivity contribution in [3.05, 3.63) is 54.7 Å². The second kappa shape index (κ2) is 5.77. The van der Waals surface area contributed by atoms with E-state index in [2.05, 4.69) is 24.7 Å². The van der Waals surface area contributed by atoms with E-state index < -0.39 is 15.9 Å². The van der Waals surface area contributed by atoms with Crippen molar-refractivity contribution in [2.45, 2.75) is 4.90 Å². The van der Waals surface area contributed by atoms with Crippen LogP contribution in [0.15, 0.2) is 53.9 Å². The smallest absolute Gasteiger partial charge is 0.269 e. The zero-order valence-corrected chi connectivity index (χ0v) is 14.0. The summed E-state index contributed by atoms with van der Waals surface area (Å²) in [5.74, 6) is -0.550. The highest BCUT2D eigenvalue weighted by atomic mass is 32.2. The summed E-state index contributed by atoms with van der Waals surface area (Å²) in [4.78, 5) is 26.4. The van der Waals surface area contributed by atoms with E-state index in [-0.39, 0.29) is 16.4 Å². The van der Waals surface area contributed by atoms with Crippen molar-refractivity contribution in [3.63, 3.8) is 0 Å². The number of nitrogens with one attached hydrogen (secondary N) is 2. The van der Waals surface area contributed by atoms with Crippen molar-refractivity contribution in [3.8, 4) is 0 Å². The quantitative estimate of drug-likeness (QED) is 0.497. The van der Waals surface area contributed by atoms with Gasteiger partial charge in [0.25, 0.3) is 15.9 Å². The van der Waals surface area contributed by atoms with E-state index in [4.69, 9.17) is 5.73 Å². The fourth-order valence-electron chi connectivity index (χ4n) is 2.70. The number of nitrogens with zero attached hydrogens (tertiary/aromatic N) is 3. The van der Waals surface area contributed by atoms with E-state index >= 15 is 0 Å². The predicted molar refractivity (Wildman–Crippen MR) is 95.0 cm³/mol. The molecule has 0 unspecified atom stereocenters. The van der Waals surface area contributed by atoms with Crippen LogP contribution in [-0.2, 0) is 10.0 Å². The highest BCUT2D eigenvalue weighted by Gasteiger charge is 2.18. The van der Waals surface area contributed by atoms with Gasteiger partial charge in [0.1, 0.15) is 0 Å². The van der Waals surface area contributed by atoms with E-state index in [0.29, 0.717) is 21.8 Å². The third kappa shape index (κ3) is 2.62. The van der Waals surface area contributed by atoms with Crippen LogP contribution in [0.5, 0.6) is 0 Å². The molecule has 3 heterocycles. The fourth-order valence-corrected chi connectivity index (χ4v) is 3.72. The molecule has 26 heavy (non-hydrogen) atoms. The maximum absolute atomic E-state index is 12.6. The molecule has 0 saturated carbocycles. The maximum atomic E-state index is 12.6. The number of carbonyl (C=O) groups is 1. The Morgan fingerprint density at radius 1 is 1.08 bits per heavy atom. The van der Waals surface area contributed by atoms with Gasteiger partial charge in [0.05, 0.1) is 16.6 Å². The first-order valence-electron chi connectivity index (χ1n) is 7.45.